The van der Waals surface area contributed by atoms with Gasteiger partial charge in [0.2, 0.25) is 0 Å². The highest BCUT2D eigenvalue weighted by molar-refractivity contribution is 9.11. The fourth-order valence-corrected chi connectivity index (χ4v) is 3.14. The number of fused-ring (bicyclic) bond motifs is 1. The highest BCUT2D eigenvalue weighted by Gasteiger charge is 2.23. The predicted octanol–water partition coefficient (Wildman–Crippen LogP) is -0.267. The van der Waals surface area contributed by atoms with Crippen molar-refractivity contribution in [3.8, 4) is 5.75 Å². The van der Waals surface area contributed by atoms with Crippen molar-refractivity contribution in [2.24, 2.45) is 0 Å². The molecule has 104 valence electrons. The van der Waals surface area contributed by atoms with Crippen LogP contribution in [-0.4, -0.2) is 41.4 Å². The molecule has 0 saturated heterocycles. The number of ether oxygens (including phenoxy) is 1. The third-order valence-electron chi connectivity index (χ3n) is 2.96. The first-order valence-corrected chi connectivity index (χ1v) is 7.17. The molecular weight excluding hydrogens is 394 g/mol. The fraction of sp³-hybridized carbons (Fsp3) is 0.0909. The van der Waals surface area contributed by atoms with Gasteiger partial charge in [-0.25, -0.2) is 0 Å². The quantitative estimate of drug-likeness (QED) is 0.530. The molecule has 0 saturated carbocycles. The van der Waals surface area contributed by atoms with Crippen molar-refractivity contribution in [3.63, 3.8) is 0 Å². The lowest BCUT2D eigenvalue weighted by molar-refractivity contribution is 0.410. The molecule has 2 aromatic carbocycles. The van der Waals surface area contributed by atoms with E-state index < -0.39 is 14.2 Å². The van der Waals surface area contributed by atoms with Crippen molar-refractivity contribution in [2.45, 2.75) is 0 Å². The van der Waals surface area contributed by atoms with Crippen LogP contribution in [0.2, 0.25) is 0 Å². The summed E-state index contributed by atoms with van der Waals surface area (Å²) in [5, 5.41) is 38.8. The third kappa shape index (κ3) is 2.74. The first-order valence-electron chi connectivity index (χ1n) is 5.58. The SMILES string of the molecule is COc1cc(B(O)O)c2cc(Br)c(B(O)O)cc2c1Br. The van der Waals surface area contributed by atoms with E-state index in [1.54, 1.807) is 12.1 Å². The Morgan fingerprint density at radius 3 is 2.00 bits per heavy atom. The van der Waals surface area contributed by atoms with Crippen LogP contribution in [0.4, 0.5) is 0 Å². The van der Waals surface area contributed by atoms with Crippen LogP contribution in [0.25, 0.3) is 10.8 Å². The molecule has 0 unspecified atom stereocenters. The van der Waals surface area contributed by atoms with Crippen LogP contribution < -0.4 is 15.7 Å². The van der Waals surface area contributed by atoms with Gasteiger partial charge in [-0.2, -0.15) is 0 Å². The van der Waals surface area contributed by atoms with Gasteiger partial charge in [0.1, 0.15) is 5.75 Å². The van der Waals surface area contributed by atoms with Crippen LogP contribution in [0, 0.1) is 0 Å². The van der Waals surface area contributed by atoms with Gasteiger partial charge in [0.15, 0.2) is 0 Å². The molecule has 0 amide bonds. The van der Waals surface area contributed by atoms with Crippen LogP contribution in [0.3, 0.4) is 0 Å². The standard InChI is InChI=1S/C11H10B2Br2O5/c1-20-10-4-7(12(16)17)5-3-9(14)8(13(18)19)2-6(5)11(10)15/h2-4,16-19H,1H3. The Kier molecular flexibility index (Phi) is 4.78. The Bertz CT molecular complexity index is 663. The van der Waals surface area contributed by atoms with Crippen molar-refractivity contribution >= 4 is 67.8 Å². The molecule has 0 aliphatic rings. The zero-order valence-electron chi connectivity index (χ0n) is 10.3. The first-order chi connectivity index (χ1) is 9.36. The Morgan fingerprint density at radius 2 is 1.50 bits per heavy atom. The molecule has 0 aliphatic carbocycles. The van der Waals surface area contributed by atoms with Crippen molar-refractivity contribution in [1.29, 1.82) is 0 Å². The van der Waals surface area contributed by atoms with Crippen molar-refractivity contribution in [1.82, 2.24) is 0 Å². The Labute approximate surface area is 132 Å². The number of hydrogen-bond donors (Lipinski definition) is 4. The highest BCUT2D eigenvalue weighted by Crippen LogP contribution is 2.33. The molecule has 0 fully saturated rings. The molecule has 9 heteroatoms. The minimum absolute atomic E-state index is 0.264. The number of halogens is 2. The summed E-state index contributed by atoms with van der Waals surface area (Å²) in [4.78, 5) is 0. The predicted molar refractivity (Wildman–Crippen MR) is 85.6 cm³/mol. The lowest BCUT2D eigenvalue weighted by Gasteiger charge is -2.14. The van der Waals surface area contributed by atoms with Gasteiger partial charge in [-0.15, -0.1) is 0 Å². The van der Waals surface area contributed by atoms with E-state index in [0.29, 0.717) is 25.5 Å². The molecule has 2 rings (SSSR count). The largest absolute Gasteiger partial charge is 0.496 e. The molecule has 20 heavy (non-hydrogen) atoms. The maximum absolute atomic E-state index is 9.47. The van der Waals surface area contributed by atoms with Crippen LogP contribution in [0.15, 0.2) is 27.1 Å². The van der Waals surface area contributed by atoms with E-state index in [1.807, 2.05) is 0 Å². The zero-order valence-corrected chi connectivity index (χ0v) is 13.5. The number of methoxy groups -OCH3 is 1. The molecule has 0 aromatic heterocycles. The van der Waals surface area contributed by atoms with Gasteiger partial charge in [0.05, 0.1) is 11.6 Å². The van der Waals surface area contributed by atoms with E-state index in [9.17, 15) is 20.1 Å². The van der Waals surface area contributed by atoms with E-state index in [1.165, 1.54) is 13.2 Å². The first kappa shape index (κ1) is 15.8. The van der Waals surface area contributed by atoms with Crippen molar-refractivity contribution in [3.05, 3.63) is 27.1 Å². The van der Waals surface area contributed by atoms with Crippen LogP contribution in [0.5, 0.6) is 5.75 Å². The second-order valence-corrected chi connectivity index (χ2v) is 5.80. The molecule has 2 aromatic rings. The van der Waals surface area contributed by atoms with Crippen molar-refractivity contribution in [2.75, 3.05) is 7.11 Å². The summed E-state index contributed by atoms with van der Waals surface area (Å²) < 4.78 is 6.22. The normalized spacial score (nSPS) is 10.8. The van der Waals surface area contributed by atoms with Gasteiger partial charge < -0.3 is 24.8 Å². The molecule has 0 radical (unpaired) electrons. The van der Waals surface area contributed by atoms with Gasteiger partial charge in [0.25, 0.3) is 0 Å². The van der Waals surface area contributed by atoms with Gasteiger partial charge in [-0.05, 0) is 49.8 Å². The van der Waals surface area contributed by atoms with E-state index in [0.717, 1.165) is 0 Å². The van der Waals surface area contributed by atoms with Gasteiger partial charge in [-0.1, -0.05) is 22.0 Å². The second kappa shape index (κ2) is 6.05. The zero-order chi connectivity index (χ0) is 15.0. The van der Waals surface area contributed by atoms with E-state index >= 15 is 0 Å². The summed E-state index contributed by atoms with van der Waals surface area (Å²) in [7, 11) is -1.86. The molecule has 0 bridgehead atoms. The molecule has 5 nitrogen and oxygen atoms in total. The third-order valence-corrected chi connectivity index (χ3v) is 4.47. The summed E-state index contributed by atoms with van der Waals surface area (Å²) in [5.41, 5.74) is 0.532. The Morgan fingerprint density at radius 1 is 0.900 bits per heavy atom. The fourth-order valence-electron chi connectivity index (χ4n) is 1.99. The average molecular weight is 404 g/mol. The van der Waals surface area contributed by atoms with Crippen LogP contribution >= 0.6 is 31.9 Å². The number of rotatable bonds is 3. The number of benzene rings is 2. The lowest BCUT2D eigenvalue weighted by Crippen LogP contribution is -2.33. The Hall–Kier alpha value is -0.570. The maximum Gasteiger partial charge on any atom is 0.489 e. The molecular formula is C11H10B2Br2O5. The molecule has 0 heterocycles. The topological polar surface area (TPSA) is 90.2 Å². The molecule has 0 spiro atoms. The molecule has 0 atom stereocenters. The highest BCUT2D eigenvalue weighted by atomic mass is 79.9. The van der Waals surface area contributed by atoms with E-state index in [2.05, 4.69) is 31.9 Å². The monoisotopic (exact) mass is 402 g/mol. The average Bonchev–Trinajstić information content (AvgIpc) is 2.37. The number of hydrogen-bond acceptors (Lipinski definition) is 5. The molecule has 4 N–H and O–H groups in total. The lowest BCUT2D eigenvalue weighted by atomic mass is 9.74. The summed E-state index contributed by atoms with van der Waals surface area (Å²) in [6, 6.07) is 4.66. The van der Waals surface area contributed by atoms with E-state index in [4.69, 9.17) is 4.74 Å². The van der Waals surface area contributed by atoms with Gasteiger partial charge in [-0.3, -0.25) is 0 Å². The van der Waals surface area contributed by atoms with Gasteiger partial charge in [0, 0.05) is 4.47 Å². The summed E-state index contributed by atoms with van der Waals surface area (Å²) in [6.07, 6.45) is 0. The smallest absolute Gasteiger partial charge is 0.489 e. The minimum atomic E-state index is -1.67. The molecule has 0 aliphatic heterocycles. The van der Waals surface area contributed by atoms with E-state index in [-0.39, 0.29) is 10.9 Å². The summed E-state index contributed by atoms with van der Waals surface area (Å²) >= 11 is 6.60. The maximum atomic E-state index is 9.47. The van der Waals surface area contributed by atoms with Crippen LogP contribution in [-0.2, 0) is 0 Å². The summed E-state index contributed by atoms with van der Waals surface area (Å²) in [6.45, 7) is 0. The second-order valence-electron chi connectivity index (χ2n) is 4.15. The Balaban J connectivity index is 2.89. The van der Waals surface area contributed by atoms with Crippen molar-refractivity contribution < 1.29 is 24.8 Å². The van der Waals surface area contributed by atoms with Crippen LogP contribution in [0.1, 0.15) is 0 Å². The minimum Gasteiger partial charge on any atom is -0.496 e. The summed E-state index contributed by atoms with van der Waals surface area (Å²) in [5.74, 6) is 0.418. The van der Waals surface area contributed by atoms with Gasteiger partial charge >= 0.3 is 14.2 Å².